The van der Waals surface area contributed by atoms with Crippen molar-refractivity contribution in [2.45, 2.75) is 31.4 Å². The lowest BCUT2D eigenvalue weighted by Crippen LogP contribution is -2.39. The highest BCUT2D eigenvalue weighted by Crippen LogP contribution is 2.31. The molecule has 0 radical (unpaired) electrons. The van der Waals surface area contributed by atoms with E-state index in [2.05, 4.69) is 10.3 Å². The number of nitro groups is 1. The maximum Gasteiger partial charge on any atom is 0.310 e. The van der Waals surface area contributed by atoms with Gasteiger partial charge in [-0.1, -0.05) is 0 Å². The van der Waals surface area contributed by atoms with Gasteiger partial charge in [-0.05, 0) is 24.6 Å². The van der Waals surface area contributed by atoms with E-state index in [1.54, 1.807) is 4.90 Å². The molecule has 9 nitrogen and oxygen atoms in total. The normalized spacial score (nSPS) is 19.1. The molecule has 1 aromatic carbocycles. The zero-order valence-electron chi connectivity index (χ0n) is 17.1. The molecule has 2 aliphatic heterocycles. The Kier molecular flexibility index (Phi) is 6.45. The molecule has 170 valence electrons. The Labute approximate surface area is 182 Å². The smallest absolute Gasteiger partial charge is 0.310 e. The number of hydrogen-bond donors (Lipinski definition) is 1. The zero-order chi connectivity index (χ0) is 22.7. The maximum atomic E-state index is 13.9. The van der Waals surface area contributed by atoms with Crippen LogP contribution in [0.25, 0.3) is 0 Å². The van der Waals surface area contributed by atoms with E-state index < -0.39 is 22.5 Å². The van der Waals surface area contributed by atoms with Crippen LogP contribution in [0.4, 0.5) is 20.2 Å². The molecule has 1 unspecified atom stereocenters. The van der Waals surface area contributed by atoms with Gasteiger partial charge in [0.05, 0.1) is 17.6 Å². The van der Waals surface area contributed by atoms with Gasteiger partial charge in [0.1, 0.15) is 29.5 Å². The molecule has 0 aliphatic carbocycles. The highest BCUT2D eigenvalue weighted by molar-refractivity contribution is 5.94. The van der Waals surface area contributed by atoms with Crippen LogP contribution < -0.4 is 15.0 Å². The number of nitrogens with zero attached hydrogens (tertiary/aromatic N) is 3. The first-order chi connectivity index (χ1) is 15.4. The van der Waals surface area contributed by atoms with Gasteiger partial charge in [-0.2, -0.15) is 0 Å². The van der Waals surface area contributed by atoms with Gasteiger partial charge in [-0.25, -0.2) is 13.8 Å². The molecule has 2 fully saturated rings. The quantitative estimate of drug-likeness (QED) is 0.535. The number of piperidine rings is 1. The van der Waals surface area contributed by atoms with Crippen LogP contribution in [0.15, 0.2) is 30.5 Å². The van der Waals surface area contributed by atoms with Crippen LogP contribution in [0.2, 0.25) is 0 Å². The van der Waals surface area contributed by atoms with Crippen LogP contribution >= 0.6 is 0 Å². The molecule has 1 N–H and O–H groups in total. The van der Waals surface area contributed by atoms with Crippen molar-refractivity contribution >= 4 is 17.3 Å². The topological polar surface area (TPSA) is 107 Å². The van der Waals surface area contributed by atoms with Crippen LogP contribution in [0.1, 0.15) is 29.8 Å². The van der Waals surface area contributed by atoms with Gasteiger partial charge in [0, 0.05) is 38.6 Å². The summed E-state index contributed by atoms with van der Waals surface area (Å²) < 4.78 is 37.8. The fourth-order valence-electron chi connectivity index (χ4n) is 3.83. The van der Waals surface area contributed by atoms with E-state index >= 15 is 0 Å². The number of hydrogen-bond acceptors (Lipinski definition) is 7. The van der Waals surface area contributed by atoms with E-state index in [0.29, 0.717) is 51.3 Å². The first-order valence-corrected chi connectivity index (χ1v) is 10.3. The summed E-state index contributed by atoms with van der Waals surface area (Å²) in [6.45, 7) is 1.79. The van der Waals surface area contributed by atoms with E-state index in [1.807, 2.05) is 0 Å². The third-order valence-electron chi connectivity index (χ3n) is 5.53. The Hall–Kier alpha value is -3.34. The average molecular weight is 448 g/mol. The van der Waals surface area contributed by atoms with E-state index in [9.17, 15) is 23.7 Å². The molecule has 3 heterocycles. The third kappa shape index (κ3) is 4.93. The predicted molar refractivity (Wildman–Crippen MR) is 110 cm³/mol. The summed E-state index contributed by atoms with van der Waals surface area (Å²) in [4.78, 5) is 29.3. The summed E-state index contributed by atoms with van der Waals surface area (Å²) in [7, 11) is 0. The number of nitrogens with one attached hydrogen (secondary N) is 1. The summed E-state index contributed by atoms with van der Waals surface area (Å²) in [5.74, 6) is -1.91. The predicted octanol–water partition coefficient (Wildman–Crippen LogP) is 2.83. The molecule has 1 atom stereocenters. The Morgan fingerprint density at radius 2 is 2.03 bits per heavy atom. The summed E-state index contributed by atoms with van der Waals surface area (Å²) in [5, 5.41) is 14.3. The van der Waals surface area contributed by atoms with Crippen molar-refractivity contribution in [3.63, 3.8) is 0 Å². The van der Waals surface area contributed by atoms with E-state index in [-0.39, 0.29) is 29.3 Å². The average Bonchev–Trinajstić information content (AvgIpc) is 3.29. The van der Waals surface area contributed by atoms with Crippen molar-refractivity contribution in [3.8, 4) is 5.75 Å². The summed E-state index contributed by atoms with van der Waals surface area (Å²) in [6, 6.07) is 4.44. The second kappa shape index (κ2) is 9.43. The number of amides is 1. The number of pyridine rings is 1. The van der Waals surface area contributed by atoms with Crippen LogP contribution in [-0.2, 0) is 4.74 Å². The van der Waals surface area contributed by atoms with Crippen molar-refractivity contribution < 1.29 is 28.0 Å². The van der Waals surface area contributed by atoms with Crippen molar-refractivity contribution in [1.82, 2.24) is 10.3 Å². The van der Waals surface area contributed by atoms with Gasteiger partial charge < -0.3 is 19.7 Å². The van der Waals surface area contributed by atoms with Crippen molar-refractivity contribution in [3.05, 3.63) is 57.9 Å². The maximum absolute atomic E-state index is 13.9. The Morgan fingerprint density at radius 3 is 2.69 bits per heavy atom. The number of rotatable bonds is 6. The lowest BCUT2D eigenvalue weighted by atomic mass is 10.1. The first kappa shape index (κ1) is 21.9. The van der Waals surface area contributed by atoms with E-state index in [4.69, 9.17) is 9.47 Å². The van der Waals surface area contributed by atoms with Gasteiger partial charge in [0.15, 0.2) is 11.6 Å². The molecule has 32 heavy (non-hydrogen) atoms. The van der Waals surface area contributed by atoms with E-state index in [0.717, 1.165) is 18.3 Å². The summed E-state index contributed by atoms with van der Waals surface area (Å²) >= 11 is 0. The van der Waals surface area contributed by atoms with Gasteiger partial charge in [0.25, 0.3) is 5.91 Å². The molecule has 1 amide bonds. The summed E-state index contributed by atoms with van der Waals surface area (Å²) in [5.41, 5.74) is 0.184. The fourth-order valence-corrected chi connectivity index (χ4v) is 3.83. The molecule has 0 spiro atoms. The second-order valence-corrected chi connectivity index (χ2v) is 7.73. The van der Waals surface area contributed by atoms with Gasteiger partial charge in [-0.15, -0.1) is 0 Å². The molecule has 2 aliphatic rings. The standard InChI is InChI=1S/C21H22F2N4O5/c22-13-1-2-20(16(23)9-13)32-15-3-6-26(7-4-15)18-10-17(24-11-19(18)27(29)30)21(28)25-14-5-8-31-12-14/h1-2,9-11,14-15H,3-8,12H2,(H,25,28). The van der Waals surface area contributed by atoms with Crippen molar-refractivity contribution in [2.75, 3.05) is 31.2 Å². The Bertz CT molecular complexity index is 1010. The fraction of sp³-hybridized carbons (Fsp3) is 0.429. The van der Waals surface area contributed by atoms with Gasteiger partial charge in [0.2, 0.25) is 0 Å². The van der Waals surface area contributed by atoms with Crippen LogP contribution in [0.3, 0.4) is 0 Å². The van der Waals surface area contributed by atoms with Crippen molar-refractivity contribution in [2.24, 2.45) is 0 Å². The highest BCUT2D eigenvalue weighted by Gasteiger charge is 2.28. The minimum Gasteiger partial charge on any atom is -0.487 e. The molecule has 4 rings (SSSR count). The minimum atomic E-state index is -0.777. The lowest BCUT2D eigenvalue weighted by Gasteiger charge is -2.33. The molecule has 1 aromatic heterocycles. The number of aromatic nitrogens is 1. The molecule has 0 bridgehead atoms. The number of carbonyl (C=O) groups excluding carboxylic acids is 1. The molecule has 2 aromatic rings. The summed E-state index contributed by atoms with van der Waals surface area (Å²) in [6.07, 6.45) is 2.41. The lowest BCUT2D eigenvalue weighted by molar-refractivity contribution is -0.384. The first-order valence-electron chi connectivity index (χ1n) is 10.3. The van der Waals surface area contributed by atoms with E-state index in [1.165, 1.54) is 12.1 Å². The number of carbonyl (C=O) groups is 1. The largest absolute Gasteiger partial charge is 0.487 e. The number of anilines is 1. The van der Waals surface area contributed by atoms with Crippen molar-refractivity contribution in [1.29, 1.82) is 0 Å². The SMILES string of the molecule is O=C(NC1CCOC1)c1cc(N2CCC(Oc3ccc(F)cc3F)CC2)c([N+](=O)[O-])cn1. The van der Waals surface area contributed by atoms with Crippen LogP contribution in [0, 0.1) is 21.7 Å². The second-order valence-electron chi connectivity index (χ2n) is 7.73. The van der Waals surface area contributed by atoms with Crippen LogP contribution in [-0.4, -0.2) is 54.3 Å². The molecule has 0 saturated carbocycles. The Balaban J connectivity index is 1.45. The molecular formula is C21H22F2N4O5. The number of halogens is 2. The molecular weight excluding hydrogens is 426 g/mol. The molecule has 11 heteroatoms. The van der Waals surface area contributed by atoms with Crippen LogP contribution in [0.5, 0.6) is 5.75 Å². The zero-order valence-corrected chi connectivity index (χ0v) is 17.1. The minimum absolute atomic E-state index is 0.0328. The van der Waals surface area contributed by atoms with Gasteiger partial charge in [-0.3, -0.25) is 14.9 Å². The number of ether oxygens (including phenoxy) is 2. The monoisotopic (exact) mass is 448 g/mol. The third-order valence-corrected chi connectivity index (χ3v) is 5.53. The highest BCUT2D eigenvalue weighted by atomic mass is 19.1. The molecule has 2 saturated heterocycles. The Morgan fingerprint density at radius 1 is 1.25 bits per heavy atom. The number of benzene rings is 1. The van der Waals surface area contributed by atoms with Gasteiger partial charge >= 0.3 is 5.69 Å².